The molecule has 3 N–H and O–H groups in total. The van der Waals surface area contributed by atoms with Crippen LogP contribution in [0.2, 0.25) is 0 Å². The molecule has 30 heavy (non-hydrogen) atoms. The highest BCUT2D eigenvalue weighted by atomic mass is 32.2. The maximum absolute atomic E-state index is 13.1. The average Bonchev–Trinajstić information content (AvgIpc) is 3.49. The van der Waals surface area contributed by atoms with Gasteiger partial charge in [-0.15, -0.1) is 0 Å². The van der Waals surface area contributed by atoms with Crippen molar-refractivity contribution in [2.75, 3.05) is 11.5 Å². The Bertz CT molecular complexity index is 1280. The van der Waals surface area contributed by atoms with E-state index in [1.807, 2.05) is 0 Å². The van der Waals surface area contributed by atoms with Crippen LogP contribution in [0.1, 0.15) is 35.1 Å². The summed E-state index contributed by atoms with van der Waals surface area (Å²) in [5, 5.41) is 0.292. The molecule has 0 atom stereocenters. The Labute approximate surface area is 170 Å². The Morgan fingerprint density at radius 1 is 1.23 bits per heavy atom. The summed E-state index contributed by atoms with van der Waals surface area (Å²) >= 11 is 0.738. The molecule has 0 aliphatic heterocycles. The van der Waals surface area contributed by atoms with Crippen molar-refractivity contribution in [3.8, 4) is 0 Å². The van der Waals surface area contributed by atoms with E-state index in [4.69, 9.17) is 5.73 Å². The zero-order valence-corrected chi connectivity index (χ0v) is 16.0. The first-order valence-electron chi connectivity index (χ1n) is 8.81. The lowest BCUT2D eigenvalue weighted by molar-refractivity contribution is -0.145. The van der Waals surface area contributed by atoms with E-state index in [2.05, 4.69) is 15.0 Å². The average molecular weight is 437 g/mol. The minimum Gasteiger partial charge on any atom is -0.384 e. The lowest BCUT2D eigenvalue weighted by Crippen LogP contribution is -2.36. The van der Waals surface area contributed by atoms with Crippen molar-refractivity contribution in [3.63, 3.8) is 0 Å². The SMILES string of the molecule is Nc1c(C(=O)CSc2nc(C(F)(F)F)nc3ccccc23)c(=O)[nH]c(=O)n1C1CC1. The summed E-state index contributed by atoms with van der Waals surface area (Å²) < 4.78 is 40.6. The number of fused-ring (bicyclic) bond motifs is 1. The van der Waals surface area contributed by atoms with Crippen molar-refractivity contribution in [2.24, 2.45) is 0 Å². The van der Waals surface area contributed by atoms with E-state index in [9.17, 15) is 27.6 Å². The number of halogens is 3. The number of nitrogens with zero attached hydrogens (tertiary/aromatic N) is 3. The molecule has 1 saturated carbocycles. The van der Waals surface area contributed by atoms with Gasteiger partial charge in [-0.2, -0.15) is 13.2 Å². The van der Waals surface area contributed by atoms with Crippen LogP contribution >= 0.6 is 11.8 Å². The number of ketones is 1. The number of rotatable bonds is 5. The number of nitrogen functional groups attached to an aromatic ring is 1. The Kier molecular flexibility index (Phi) is 4.88. The summed E-state index contributed by atoms with van der Waals surface area (Å²) in [4.78, 5) is 45.9. The van der Waals surface area contributed by atoms with Gasteiger partial charge in [0.2, 0.25) is 5.82 Å². The van der Waals surface area contributed by atoms with Gasteiger partial charge in [-0.05, 0) is 18.9 Å². The van der Waals surface area contributed by atoms with Crippen molar-refractivity contribution in [1.82, 2.24) is 19.5 Å². The third-order valence-corrected chi connectivity index (χ3v) is 5.53. The van der Waals surface area contributed by atoms with Crippen LogP contribution in [-0.4, -0.2) is 31.1 Å². The van der Waals surface area contributed by atoms with Gasteiger partial charge in [0.05, 0.1) is 11.3 Å². The van der Waals surface area contributed by atoms with Crippen LogP contribution in [0.25, 0.3) is 10.9 Å². The normalized spacial score (nSPS) is 14.2. The Morgan fingerprint density at radius 3 is 2.60 bits per heavy atom. The number of alkyl halides is 3. The quantitative estimate of drug-likeness (QED) is 0.357. The molecule has 0 unspecified atom stereocenters. The molecule has 1 aliphatic rings. The van der Waals surface area contributed by atoms with E-state index in [-0.39, 0.29) is 28.0 Å². The number of Topliss-reactive ketones (excluding diaryl/α,β-unsaturated/α-hetero) is 1. The molecule has 0 amide bonds. The Hall–Kier alpha value is -3.15. The first-order chi connectivity index (χ1) is 14.2. The number of H-pyrrole nitrogens is 1. The van der Waals surface area contributed by atoms with Crippen molar-refractivity contribution < 1.29 is 18.0 Å². The number of nitrogens with one attached hydrogen (secondary N) is 1. The topological polar surface area (TPSA) is 124 Å². The predicted octanol–water partition coefficient (Wildman–Crippen LogP) is 2.39. The van der Waals surface area contributed by atoms with E-state index >= 15 is 0 Å². The molecule has 4 rings (SSSR count). The van der Waals surface area contributed by atoms with Crippen molar-refractivity contribution in [2.45, 2.75) is 30.1 Å². The van der Waals surface area contributed by atoms with Crippen LogP contribution in [0.15, 0.2) is 38.9 Å². The summed E-state index contributed by atoms with van der Waals surface area (Å²) in [5.41, 5.74) is 3.98. The van der Waals surface area contributed by atoms with Gasteiger partial charge in [0.25, 0.3) is 5.56 Å². The number of hydrogen-bond donors (Lipinski definition) is 2. The number of carbonyl (C=O) groups excluding carboxylic acids is 1. The predicted molar refractivity (Wildman–Crippen MR) is 104 cm³/mol. The highest BCUT2D eigenvalue weighted by molar-refractivity contribution is 8.00. The van der Waals surface area contributed by atoms with Gasteiger partial charge in [-0.25, -0.2) is 14.8 Å². The number of carbonyl (C=O) groups is 1. The molecule has 0 bridgehead atoms. The lowest BCUT2D eigenvalue weighted by Gasteiger charge is -2.12. The van der Waals surface area contributed by atoms with E-state index < -0.39 is 34.8 Å². The van der Waals surface area contributed by atoms with Gasteiger partial charge in [-0.3, -0.25) is 19.1 Å². The highest BCUT2D eigenvalue weighted by Crippen LogP contribution is 2.36. The van der Waals surface area contributed by atoms with E-state index in [0.29, 0.717) is 18.2 Å². The minimum absolute atomic E-state index is 0.0493. The second-order valence-corrected chi connectivity index (χ2v) is 7.66. The molecule has 0 radical (unpaired) electrons. The number of thioether (sulfide) groups is 1. The maximum atomic E-state index is 13.1. The van der Waals surface area contributed by atoms with Gasteiger partial charge in [0.15, 0.2) is 5.78 Å². The molecule has 1 aromatic carbocycles. The number of aromatic amines is 1. The van der Waals surface area contributed by atoms with E-state index in [1.165, 1.54) is 22.8 Å². The smallest absolute Gasteiger partial charge is 0.384 e. The van der Waals surface area contributed by atoms with E-state index in [1.54, 1.807) is 6.07 Å². The first kappa shape index (κ1) is 20.1. The molecular formula is C18H14F3N5O3S. The zero-order chi connectivity index (χ0) is 21.6. The molecule has 0 spiro atoms. The van der Waals surface area contributed by atoms with Crippen molar-refractivity contribution in [3.05, 3.63) is 56.5 Å². The third-order valence-electron chi connectivity index (χ3n) is 4.53. The molecule has 1 aliphatic carbocycles. The molecule has 0 saturated heterocycles. The summed E-state index contributed by atoms with van der Waals surface area (Å²) in [6.07, 6.45) is -3.36. The maximum Gasteiger partial charge on any atom is 0.451 e. The molecule has 3 aromatic rings. The van der Waals surface area contributed by atoms with Crippen LogP contribution in [0.3, 0.4) is 0 Å². The van der Waals surface area contributed by atoms with Gasteiger partial charge < -0.3 is 5.73 Å². The molecule has 2 aromatic heterocycles. The fourth-order valence-electron chi connectivity index (χ4n) is 3.02. The summed E-state index contributed by atoms with van der Waals surface area (Å²) in [5.74, 6) is -2.67. The van der Waals surface area contributed by atoms with Gasteiger partial charge in [0, 0.05) is 11.4 Å². The molecule has 1 fully saturated rings. The summed E-state index contributed by atoms with van der Waals surface area (Å²) in [6.45, 7) is 0. The standard InChI is InChI=1S/C18H14F3N5O3S/c19-18(20,21)16-23-10-4-2-1-3-9(10)15(25-16)30-7-11(27)12-13(22)26(8-5-6-8)17(29)24-14(12)28/h1-4,8H,5-7,22H2,(H,24,28,29). The summed E-state index contributed by atoms with van der Waals surface area (Å²) in [7, 11) is 0. The van der Waals surface area contributed by atoms with Crippen LogP contribution in [-0.2, 0) is 6.18 Å². The van der Waals surface area contributed by atoms with Gasteiger partial charge in [0.1, 0.15) is 16.4 Å². The Morgan fingerprint density at radius 2 is 1.93 bits per heavy atom. The van der Waals surface area contributed by atoms with Crippen molar-refractivity contribution >= 4 is 34.3 Å². The molecule has 12 heteroatoms. The van der Waals surface area contributed by atoms with Crippen LogP contribution in [0, 0.1) is 0 Å². The number of para-hydroxylation sites is 1. The van der Waals surface area contributed by atoms with Gasteiger partial charge >= 0.3 is 11.9 Å². The zero-order valence-electron chi connectivity index (χ0n) is 15.2. The van der Waals surface area contributed by atoms with Crippen LogP contribution in [0.5, 0.6) is 0 Å². The fourth-order valence-corrected chi connectivity index (χ4v) is 3.91. The molecule has 8 nitrogen and oxygen atoms in total. The van der Waals surface area contributed by atoms with Crippen LogP contribution in [0.4, 0.5) is 19.0 Å². The monoisotopic (exact) mass is 437 g/mol. The number of anilines is 1. The lowest BCUT2D eigenvalue weighted by atomic mass is 10.2. The second kappa shape index (κ2) is 7.27. The number of hydrogen-bond acceptors (Lipinski definition) is 7. The largest absolute Gasteiger partial charge is 0.451 e. The fraction of sp³-hybridized carbons (Fsp3) is 0.278. The van der Waals surface area contributed by atoms with Crippen LogP contribution < -0.4 is 17.0 Å². The second-order valence-electron chi connectivity index (χ2n) is 6.70. The summed E-state index contributed by atoms with van der Waals surface area (Å²) in [6, 6.07) is 5.92. The number of nitrogens with two attached hydrogens (primary N) is 1. The molecular weight excluding hydrogens is 423 g/mol. The molecule has 156 valence electrons. The Balaban J connectivity index is 1.68. The van der Waals surface area contributed by atoms with Crippen molar-refractivity contribution in [1.29, 1.82) is 0 Å². The molecule has 2 heterocycles. The highest BCUT2D eigenvalue weighted by Gasteiger charge is 2.36. The third kappa shape index (κ3) is 3.70. The van der Waals surface area contributed by atoms with E-state index in [0.717, 1.165) is 11.8 Å². The van der Waals surface area contributed by atoms with Gasteiger partial charge in [-0.1, -0.05) is 30.0 Å². The minimum atomic E-state index is -4.76. The number of aromatic nitrogens is 4. The first-order valence-corrected chi connectivity index (χ1v) is 9.79. The number of benzene rings is 1.